The molecule has 0 heterocycles. The predicted octanol–water partition coefficient (Wildman–Crippen LogP) is 14.7. The number of hydrogen-bond acceptors (Lipinski definition) is 4. The van der Waals surface area contributed by atoms with E-state index >= 15 is 0 Å². The zero-order valence-corrected chi connectivity index (χ0v) is 34.1. The van der Waals surface area contributed by atoms with Crippen molar-refractivity contribution in [2.24, 2.45) is 0 Å². The monoisotopic (exact) mass is 715 g/mol. The zero-order valence-electron chi connectivity index (χ0n) is 34.1. The number of ether oxygens (including phenoxy) is 2. The first-order valence-corrected chi connectivity index (χ1v) is 22.2. The van der Waals surface area contributed by atoms with Crippen molar-refractivity contribution < 1.29 is 19.4 Å². The van der Waals surface area contributed by atoms with Gasteiger partial charge in [-0.05, 0) is 77.0 Å². The lowest BCUT2D eigenvalue weighted by Crippen LogP contribution is -2.27. The third-order valence-electron chi connectivity index (χ3n) is 9.63. The summed E-state index contributed by atoms with van der Waals surface area (Å²) in [5.41, 5.74) is 0. The van der Waals surface area contributed by atoms with E-state index in [4.69, 9.17) is 9.47 Å². The fourth-order valence-electron chi connectivity index (χ4n) is 6.27. The minimum atomic E-state index is -0.542. The SMILES string of the molecule is CCCCCCC/C=C\C/C=C\C/C=C\CCCCCCCCCOCC(CO)OC(=O)CCCCCCCCC/C=C\CCCCCCCC. The number of rotatable bonds is 41. The molecule has 4 heteroatoms. The number of hydrogen-bond donors (Lipinski definition) is 1. The molecule has 0 saturated carbocycles. The quantitative estimate of drug-likeness (QED) is 0.0389. The number of carbonyl (C=O) groups excluding carboxylic acids is 1. The van der Waals surface area contributed by atoms with Gasteiger partial charge in [0.1, 0.15) is 6.10 Å². The van der Waals surface area contributed by atoms with E-state index in [1.807, 2.05) is 0 Å². The molecule has 4 nitrogen and oxygen atoms in total. The Balaban J connectivity index is 3.46. The molecule has 51 heavy (non-hydrogen) atoms. The highest BCUT2D eigenvalue weighted by molar-refractivity contribution is 5.69. The van der Waals surface area contributed by atoms with E-state index in [9.17, 15) is 9.90 Å². The Kier molecular flexibility index (Phi) is 43.1. The maximum Gasteiger partial charge on any atom is 0.306 e. The van der Waals surface area contributed by atoms with E-state index in [1.165, 1.54) is 167 Å². The van der Waals surface area contributed by atoms with Crippen LogP contribution >= 0.6 is 0 Å². The van der Waals surface area contributed by atoms with Gasteiger partial charge in [0.2, 0.25) is 0 Å². The second-order valence-electron chi connectivity index (χ2n) is 14.8. The molecule has 0 radical (unpaired) electrons. The van der Waals surface area contributed by atoms with Crippen LogP contribution < -0.4 is 0 Å². The molecule has 1 atom stereocenters. The molecule has 0 fully saturated rings. The number of aliphatic hydroxyl groups excluding tert-OH is 1. The molecule has 1 unspecified atom stereocenters. The molecule has 0 aliphatic carbocycles. The first-order chi connectivity index (χ1) is 25.2. The third-order valence-corrected chi connectivity index (χ3v) is 9.63. The Labute approximate surface area is 318 Å². The molecule has 0 aromatic carbocycles. The van der Waals surface area contributed by atoms with Gasteiger partial charge >= 0.3 is 5.97 Å². The highest BCUT2D eigenvalue weighted by Crippen LogP contribution is 2.13. The molecule has 0 aromatic heterocycles. The lowest BCUT2D eigenvalue weighted by atomic mass is 10.1. The van der Waals surface area contributed by atoms with Crippen LogP contribution in [0.25, 0.3) is 0 Å². The van der Waals surface area contributed by atoms with Crippen LogP contribution in [0.5, 0.6) is 0 Å². The van der Waals surface area contributed by atoms with E-state index in [0.717, 1.165) is 32.1 Å². The molecule has 0 saturated heterocycles. The maximum absolute atomic E-state index is 12.2. The van der Waals surface area contributed by atoms with Gasteiger partial charge in [0, 0.05) is 13.0 Å². The molecular weight excluding hydrogens is 629 g/mol. The summed E-state index contributed by atoms with van der Waals surface area (Å²) in [4.78, 5) is 12.2. The van der Waals surface area contributed by atoms with Gasteiger partial charge in [0.05, 0.1) is 13.2 Å². The van der Waals surface area contributed by atoms with Crippen molar-refractivity contribution in [3.8, 4) is 0 Å². The van der Waals surface area contributed by atoms with E-state index in [0.29, 0.717) is 13.0 Å². The average Bonchev–Trinajstić information content (AvgIpc) is 3.14. The van der Waals surface area contributed by atoms with Crippen molar-refractivity contribution in [2.45, 2.75) is 225 Å². The Morgan fingerprint density at radius 2 is 0.824 bits per heavy atom. The highest BCUT2D eigenvalue weighted by atomic mass is 16.6. The number of unbranched alkanes of at least 4 members (excludes halogenated alkanes) is 25. The van der Waals surface area contributed by atoms with Crippen molar-refractivity contribution in [1.29, 1.82) is 0 Å². The molecule has 1 N–H and O–H groups in total. The van der Waals surface area contributed by atoms with Crippen LogP contribution in [0.4, 0.5) is 0 Å². The molecule has 0 aromatic rings. The fraction of sp³-hybridized carbons (Fsp3) is 0.809. The Bertz CT molecular complexity index is 798. The minimum Gasteiger partial charge on any atom is -0.457 e. The van der Waals surface area contributed by atoms with Gasteiger partial charge in [-0.2, -0.15) is 0 Å². The summed E-state index contributed by atoms with van der Waals surface area (Å²) in [6.45, 7) is 5.32. The van der Waals surface area contributed by atoms with Gasteiger partial charge in [0.25, 0.3) is 0 Å². The topological polar surface area (TPSA) is 55.8 Å². The summed E-state index contributed by atoms with van der Waals surface area (Å²) in [5.74, 6) is -0.209. The normalized spacial score (nSPS) is 12.8. The van der Waals surface area contributed by atoms with E-state index in [1.54, 1.807) is 0 Å². The molecular formula is C47H86O4. The van der Waals surface area contributed by atoms with Crippen LogP contribution in [-0.2, 0) is 14.3 Å². The largest absolute Gasteiger partial charge is 0.457 e. The van der Waals surface area contributed by atoms with Crippen LogP contribution in [0.2, 0.25) is 0 Å². The van der Waals surface area contributed by atoms with Gasteiger partial charge in [-0.25, -0.2) is 0 Å². The van der Waals surface area contributed by atoms with E-state index in [2.05, 4.69) is 62.5 Å². The van der Waals surface area contributed by atoms with Crippen LogP contribution in [0.1, 0.15) is 219 Å². The first kappa shape index (κ1) is 49.4. The second-order valence-corrected chi connectivity index (χ2v) is 14.8. The zero-order chi connectivity index (χ0) is 37.0. The number of carbonyl (C=O) groups is 1. The lowest BCUT2D eigenvalue weighted by Gasteiger charge is -2.15. The average molecular weight is 715 g/mol. The summed E-state index contributed by atoms with van der Waals surface area (Å²) in [6.07, 6.45) is 57.4. The Hall–Kier alpha value is -1.65. The Morgan fingerprint density at radius 3 is 1.25 bits per heavy atom. The maximum atomic E-state index is 12.2. The predicted molar refractivity (Wildman–Crippen MR) is 223 cm³/mol. The van der Waals surface area contributed by atoms with Crippen LogP contribution in [-0.4, -0.2) is 37.0 Å². The molecule has 0 bridgehead atoms. The van der Waals surface area contributed by atoms with Gasteiger partial charge in [-0.15, -0.1) is 0 Å². The fourth-order valence-corrected chi connectivity index (χ4v) is 6.27. The van der Waals surface area contributed by atoms with Gasteiger partial charge < -0.3 is 14.6 Å². The summed E-state index contributed by atoms with van der Waals surface area (Å²) >= 11 is 0. The lowest BCUT2D eigenvalue weighted by molar-refractivity contribution is -0.154. The molecule has 0 aliphatic rings. The van der Waals surface area contributed by atoms with Gasteiger partial charge in [-0.3, -0.25) is 4.79 Å². The number of esters is 1. The summed E-state index contributed by atoms with van der Waals surface area (Å²) in [7, 11) is 0. The van der Waals surface area contributed by atoms with Crippen molar-refractivity contribution in [1.82, 2.24) is 0 Å². The molecule has 298 valence electrons. The van der Waals surface area contributed by atoms with Gasteiger partial charge in [0.15, 0.2) is 0 Å². The van der Waals surface area contributed by atoms with Crippen LogP contribution in [0, 0.1) is 0 Å². The number of allylic oxidation sites excluding steroid dienone is 8. The summed E-state index contributed by atoms with van der Waals surface area (Å²) in [5, 5.41) is 9.61. The van der Waals surface area contributed by atoms with E-state index < -0.39 is 6.10 Å². The molecule has 0 amide bonds. The van der Waals surface area contributed by atoms with Gasteiger partial charge in [-0.1, -0.05) is 184 Å². The standard InChI is InChI=1S/C47H86O4/c1-3-5-7-9-11-13-15-17-19-21-22-23-24-25-27-29-31-33-35-37-39-41-43-50-45-46(44-48)51-47(49)42-40-38-36-34-32-30-28-26-20-18-16-14-12-10-8-6-4-2/h15,17-18,20-22,24-25,46,48H,3-14,16,19,23,26-45H2,1-2H3/b17-15-,20-18-,22-21-,25-24-. The molecule has 0 aliphatic heterocycles. The van der Waals surface area contributed by atoms with Crippen molar-refractivity contribution in [3.05, 3.63) is 48.6 Å². The van der Waals surface area contributed by atoms with Crippen LogP contribution in [0.15, 0.2) is 48.6 Å². The van der Waals surface area contributed by atoms with Crippen molar-refractivity contribution in [3.63, 3.8) is 0 Å². The van der Waals surface area contributed by atoms with Crippen molar-refractivity contribution in [2.75, 3.05) is 19.8 Å². The summed E-state index contributed by atoms with van der Waals surface area (Å²) < 4.78 is 11.2. The summed E-state index contributed by atoms with van der Waals surface area (Å²) in [6, 6.07) is 0. The van der Waals surface area contributed by atoms with Crippen molar-refractivity contribution >= 4 is 5.97 Å². The van der Waals surface area contributed by atoms with Crippen LogP contribution in [0.3, 0.4) is 0 Å². The Morgan fingerprint density at radius 1 is 0.471 bits per heavy atom. The minimum absolute atomic E-state index is 0.178. The highest BCUT2D eigenvalue weighted by Gasteiger charge is 2.13. The number of aliphatic hydroxyl groups is 1. The third kappa shape index (κ3) is 42.7. The van der Waals surface area contributed by atoms with E-state index in [-0.39, 0.29) is 19.2 Å². The molecule has 0 spiro atoms. The molecule has 0 rings (SSSR count). The first-order valence-electron chi connectivity index (χ1n) is 22.2. The second kappa shape index (κ2) is 44.5. The smallest absolute Gasteiger partial charge is 0.306 e.